The minimum Gasteiger partial charge on any atom is -0.481 e. The molecule has 58 heavy (non-hydrogen) atoms. The molecule has 3 amide bonds. The fourth-order valence-electron chi connectivity index (χ4n) is 8.84. The van der Waals surface area contributed by atoms with Gasteiger partial charge >= 0.3 is 5.97 Å². The second-order valence-electron chi connectivity index (χ2n) is 15.5. The van der Waals surface area contributed by atoms with E-state index < -0.39 is 5.97 Å². The molecule has 2 aliphatic carbocycles. The van der Waals surface area contributed by atoms with Crippen LogP contribution < -0.4 is 16.0 Å². The Balaban J connectivity index is 0.000000168. The summed E-state index contributed by atoms with van der Waals surface area (Å²) in [5, 5.41) is 17.9. The lowest BCUT2D eigenvalue weighted by molar-refractivity contribution is -0.137. The van der Waals surface area contributed by atoms with Crippen molar-refractivity contribution < 1.29 is 29.0 Å². The fourth-order valence-corrected chi connectivity index (χ4v) is 8.84. The summed E-state index contributed by atoms with van der Waals surface area (Å²) in [4.78, 5) is 62.1. The van der Waals surface area contributed by atoms with E-state index in [0.29, 0.717) is 42.8 Å². The first-order chi connectivity index (χ1) is 28.3. The van der Waals surface area contributed by atoms with E-state index in [1.807, 2.05) is 42.5 Å². The lowest BCUT2D eigenvalue weighted by atomic mass is 9.92. The molecule has 13 nitrogen and oxygen atoms in total. The number of nitrogens with one attached hydrogen (secondary N) is 5. The van der Waals surface area contributed by atoms with Crippen molar-refractivity contribution in [2.24, 2.45) is 0 Å². The highest BCUT2D eigenvalue weighted by molar-refractivity contribution is 6.35. The van der Waals surface area contributed by atoms with Crippen molar-refractivity contribution in [1.82, 2.24) is 25.2 Å². The molecule has 0 spiro atoms. The molecule has 9 rings (SSSR count). The number of rotatable bonds is 11. The Labute approximate surface area is 337 Å². The Hall–Kier alpha value is -5.79. The number of aromatic nitrogens is 3. The monoisotopic (exact) mass is 785 g/mol. The van der Waals surface area contributed by atoms with Crippen molar-refractivity contribution in [3.63, 3.8) is 0 Å². The number of morpholine rings is 1. The van der Waals surface area contributed by atoms with Gasteiger partial charge in [0, 0.05) is 84.8 Å². The molecule has 1 saturated heterocycles. The van der Waals surface area contributed by atoms with Gasteiger partial charge < -0.3 is 35.8 Å². The van der Waals surface area contributed by atoms with Gasteiger partial charge in [-0.3, -0.25) is 24.1 Å². The second kappa shape index (κ2) is 17.8. The first-order valence-corrected chi connectivity index (χ1v) is 20.7. The van der Waals surface area contributed by atoms with Crippen molar-refractivity contribution in [1.29, 1.82) is 0 Å². The molecule has 0 bridgehead atoms. The van der Waals surface area contributed by atoms with E-state index in [0.717, 1.165) is 105 Å². The quantitative estimate of drug-likeness (QED) is 0.107. The van der Waals surface area contributed by atoms with Crippen LogP contribution in [0.1, 0.15) is 94.7 Å². The number of aromatic amines is 2. The number of ether oxygens (including phenoxy) is 1. The number of carboxylic acids is 1. The zero-order valence-electron chi connectivity index (χ0n) is 32.8. The van der Waals surface area contributed by atoms with Gasteiger partial charge in [0.25, 0.3) is 11.8 Å². The summed E-state index contributed by atoms with van der Waals surface area (Å²) in [6.45, 7) is 4.93. The Morgan fingerprint density at radius 2 is 1.38 bits per heavy atom. The average Bonchev–Trinajstić information content (AvgIpc) is 3.96. The predicted molar refractivity (Wildman–Crippen MR) is 223 cm³/mol. The summed E-state index contributed by atoms with van der Waals surface area (Å²) in [5.74, 6) is -0.405. The average molecular weight is 786 g/mol. The molecule has 3 aliphatic heterocycles. The lowest BCUT2D eigenvalue weighted by Crippen LogP contribution is -2.41. The maximum atomic E-state index is 12.6. The SMILES string of the molecule is O=C(CCc1c(C=C2C(=O)Nc3ccccc32)[nH]c2c1CCCC2)NCCN1CCOCC1.O=C(O)CCc1c(C=C2C(=O)Nc3ncccc32)[nH]c2c1CCCC2. The summed E-state index contributed by atoms with van der Waals surface area (Å²) in [6.07, 6.45) is 15.8. The molecule has 1 aromatic carbocycles. The number of carbonyl (C=O) groups excluding carboxylic acids is 3. The number of nitrogens with zero attached hydrogens (tertiary/aromatic N) is 2. The molecule has 0 atom stereocenters. The minimum atomic E-state index is -0.808. The van der Waals surface area contributed by atoms with Crippen LogP contribution >= 0.6 is 0 Å². The molecule has 3 aromatic heterocycles. The van der Waals surface area contributed by atoms with Crippen LogP contribution in [0, 0.1) is 0 Å². The molecular formula is C45H51N7O6. The summed E-state index contributed by atoms with van der Waals surface area (Å²) < 4.78 is 5.38. The first-order valence-electron chi connectivity index (χ1n) is 20.7. The molecular weight excluding hydrogens is 735 g/mol. The van der Waals surface area contributed by atoms with Crippen molar-refractivity contribution in [2.45, 2.75) is 77.0 Å². The van der Waals surface area contributed by atoms with Crippen LogP contribution in [0.15, 0.2) is 42.6 Å². The molecule has 0 unspecified atom stereocenters. The van der Waals surface area contributed by atoms with E-state index in [2.05, 4.69) is 35.8 Å². The van der Waals surface area contributed by atoms with E-state index in [4.69, 9.17) is 9.84 Å². The normalized spacial score (nSPS) is 18.4. The molecule has 6 heterocycles. The number of benzene rings is 1. The molecule has 5 aliphatic rings. The third kappa shape index (κ3) is 8.70. The third-order valence-corrected chi connectivity index (χ3v) is 11.8. The highest BCUT2D eigenvalue weighted by atomic mass is 16.5. The van der Waals surface area contributed by atoms with Crippen molar-refractivity contribution in [3.05, 3.63) is 98.8 Å². The molecule has 4 aromatic rings. The number of para-hydroxylation sites is 1. The number of carboxylic acid groups (broad SMARTS) is 1. The number of anilines is 2. The van der Waals surface area contributed by atoms with E-state index in [-0.39, 0.29) is 24.1 Å². The summed E-state index contributed by atoms with van der Waals surface area (Å²) in [6, 6.07) is 11.5. The summed E-state index contributed by atoms with van der Waals surface area (Å²) >= 11 is 0. The topological polar surface area (TPSA) is 182 Å². The Morgan fingerprint density at radius 3 is 2.07 bits per heavy atom. The number of hydrogen-bond donors (Lipinski definition) is 6. The van der Waals surface area contributed by atoms with Crippen LogP contribution in [0.25, 0.3) is 23.3 Å². The maximum absolute atomic E-state index is 12.6. The number of pyridine rings is 1. The van der Waals surface area contributed by atoms with Crippen LogP contribution in [0.4, 0.5) is 11.5 Å². The van der Waals surface area contributed by atoms with E-state index in [1.165, 1.54) is 40.9 Å². The van der Waals surface area contributed by atoms with Gasteiger partial charge in [-0.2, -0.15) is 0 Å². The van der Waals surface area contributed by atoms with E-state index in [1.54, 1.807) is 12.3 Å². The Bertz CT molecular complexity index is 2280. The third-order valence-electron chi connectivity index (χ3n) is 11.8. The van der Waals surface area contributed by atoms with Gasteiger partial charge in [-0.1, -0.05) is 18.2 Å². The van der Waals surface area contributed by atoms with Crippen LogP contribution in [0.3, 0.4) is 0 Å². The van der Waals surface area contributed by atoms with Crippen molar-refractivity contribution in [3.8, 4) is 0 Å². The molecule has 1 fully saturated rings. The van der Waals surface area contributed by atoms with Crippen LogP contribution in [0.5, 0.6) is 0 Å². The van der Waals surface area contributed by atoms with Gasteiger partial charge in [0.15, 0.2) is 0 Å². The smallest absolute Gasteiger partial charge is 0.303 e. The zero-order valence-corrected chi connectivity index (χ0v) is 32.8. The standard InChI is InChI=1S/C26H32N4O3.C19H19N3O3/c31-25(27-11-12-30-13-15-33-16-14-30)10-9-20-18-5-1-3-7-22(18)28-24(20)17-21-19-6-2-4-8-23(19)29-26(21)32;23-17(24)8-7-12-11-4-1-2-6-15(11)21-16(12)10-14-13-5-3-9-20-18(13)22-19(14)25/h2,4,6,8,17,28H,1,3,5,7,9-16H2,(H,27,31)(H,29,32);3,5,9-10,21H,1-2,4,6-8H2,(H,23,24)(H,20,22,25). The number of aryl methyl sites for hydroxylation is 2. The second-order valence-corrected chi connectivity index (χ2v) is 15.5. The Kier molecular flexibility index (Phi) is 12.0. The molecule has 6 N–H and O–H groups in total. The number of hydrogen-bond acceptors (Lipinski definition) is 7. The van der Waals surface area contributed by atoms with Gasteiger partial charge in [-0.05, 0) is 117 Å². The van der Waals surface area contributed by atoms with E-state index in [9.17, 15) is 19.2 Å². The van der Waals surface area contributed by atoms with Crippen LogP contribution in [-0.2, 0) is 62.4 Å². The molecule has 302 valence electrons. The van der Waals surface area contributed by atoms with Crippen LogP contribution in [-0.4, -0.2) is 88.0 Å². The van der Waals surface area contributed by atoms with Crippen molar-refractivity contribution >= 4 is 58.5 Å². The number of aliphatic carboxylic acids is 1. The number of carbonyl (C=O) groups is 4. The number of amides is 3. The van der Waals surface area contributed by atoms with Gasteiger partial charge in [-0.15, -0.1) is 0 Å². The molecule has 0 saturated carbocycles. The first kappa shape index (κ1) is 39.1. The van der Waals surface area contributed by atoms with Crippen LogP contribution in [0.2, 0.25) is 0 Å². The highest BCUT2D eigenvalue weighted by Crippen LogP contribution is 2.37. The largest absolute Gasteiger partial charge is 0.481 e. The minimum absolute atomic E-state index is 0.0735. The zero-order chi connectivity index (χ0) is 40.0. The van der Waals surface area contributed by atoms with Gasteiger partial charge in [0.2, 0.25) is 5.91 Å². The Morgan fingerprint density at radius 1 is 0.776 bits per heavy atom. The molecule has 0 radical (unpaired) electrons. The van der Waals surface area contributed by atoms with Gasteiger partial charge in [0.05, 0.1) is 24.4 Å². The summed E-state index contributed by atoms with van der Waals surface area (Å²) in [5.41, 5.74) is 12.9. The summed E-state index contributed by atoms with van der Waals surface area (Å²) in [7, 11) is 0. The number of fused-ring (bicyclic) bond motifs is 4. The molecule has 13 heteroatoms. The highest BCUT2D eigenvalue weighted by Gasteiger charge is 2.28. The van der Waals surface area contributed by atoms with Crippen molar-refractivity contribution in [2.75, 3.05) is 50.0 Å². The maximum Gasteiger partial charge on any atom is 0.303 e. The van der Waals surface area contributed by atoms with Gasteiger partial charge in [-0.25, -0.2) is 4.98 Å². The number of H-pyrrole nitrogens is 2. The predicted octanol–water partition coefficient (Wildman–Crippen LogP) is 5.57. The van der Waals surface area contributed by atoms with Gasteiger partial charge in [0.1, 0.15) is 5.82 Å². The van der Waals surface area contributed by atoms with E-state index >= 15 is 0 Å². The fraction of sp³-hybridized carbons (Fsp3) is 0.400. The lowest BCUT2D eigenvalue weighted by Gasteiger charge is -2.26.